The topological polar surface area (TPSA) is 60.8 Å². The molecule has 3 rings (SSSR count). The standard InChI is InChI=1S/C22H24N2O4/c1-27-13-12-23(16-21(25)28-2)22(26)19-15-24(14-17-8-4-3-5-9-17)20-11-7-6-10-18(19)20/h3-11,15H,12-14,16H2,1-2H3. The number of para-hydroxylation sites is 1. The summed E-state index contributed by atoms with van der Waals surface area (Å²) in [6, 6.07) is 17.9. The summed E-state index contributed by atoms with van der Waals surface area (Å²) >= 11 is 0. The molecule has 146 valence electrons. The molecule has 0 saturated carbocycles. The first-order valence-electron chi connectivity index (χ1n) is 9.11. The van der Waals surface area contributed by atoms with Crippen molar-refractivity contribution < 1.29 is 19.1 Å². The van der Waals surface area contributed by atoms with Crippen molar-refractivity contribution in [2.45, 2.75) is 6.54 Å². The normalized spacial score (nSPS) is 10.8. The van der Waals surface area contributed by atoms with E-state index in [0.717, 1.165) is 16.5 Å². The van der Waals surface area contributed by atoms with Crippen LogP contribution in [0, 0.1) is 0 Å². The zero-order valence-corrected chi connectivity index (χ0v) is 16.1. The van der Waals surface area contributed by atoms with Crippen molar-refractivity contribution in [3.63, 3.8) is 0 Å². The number of fused-ring (bicyclic) bond motifs is 1. The maximum atomic E-state index is 13.2. The van der Waals surface area contributed by atoms with E-state index >= 15 is 0 Å². The van der Waals surface area contributed by atoms with Gasteiger partial charge in [0.1, 0.15) is 6.54 Å². The highest BCUT2D eigenvalue weighted by Crippen LogP contribution is 2.24. The smallest absolute Gasteiger partial charge is 0.325 e. The molecule has 0 aliphatic carbocycles. The highest BCUT2D eigenvalue weighted by molar-refractivity contribution is 6.07. The fourth-order valence-electron chi connectivity index (χ4n) is 3.17. The van der Waals surface area contributed by atoms with Crippen molar-refractivity contribution in [2.75, 3.05) is 33.9 Å². The van der Waals surface area contributed by atoms with Crippen molar-refractivity contribution >= 4 is 22.8 Å². The predicted octanol–water partition coefficient (Wildman–Crippen LogP) is 2.95. The van der Waals surface area contributed by atoms with Crippen molar-refractivity contribution in [1.82, 2.24) is 9.47 Å². The average molecular weight is 380 g/mol. The van der Waals surface area contributed by atoms with Crippen molar-refractivity contribution in [3.05, 3.63) is 71.9 Å². The average Bonchev–Trinajstić information content (AvgIpc) is 3.09. The number of hydrogen-bond acceptors (Lipinski definition) is 4. The molecule has 0 aliphatic rings. The summed E-state index contributed by atoms with van der Waals surface area (Å²) in [5, 5.41) is 0.857. The van der Waals surface area contributed by atoms with Crippen molar-refractivity contribution in [3.8, 4) is 0 Å². The molecule has 28 heavy (non-hydrogen) atoms. The van der Waals surface area contributed by atoms with Gasteiger partial charge in [-0.25, -0.2) is 0 Å². The molecular formula is C22H24N2O4. The lowest BCUT2D eigenvalue weighted by Crippen LogP contribution is -2.38. The Morgan fingerprint density at radius 2 is 1.71 bits per heavy atom. The van der Waals surface area contributed by atoms with E-state index in [1.54, 1.807) is 7.11 Å². The number of carbonyl (C=O) groups is 2. The highest BCUT2D eigenvalue weighted by atomic mass is 16.5. The Kier molecular flexibility index (Phi) is 6.45. The molecule has 0 saturated heterocycles. The Hall–Kier alpha value is -3.12. The van der Waals surface area contributed by atoms with Crippen LogP contribution >= 0.6 is 0 Å². The number of benzene rings is 2. The van der Waals surface area contributed by atoms with Gasteiger partial charge < -0.3 is 18.9 Å². The van der Waals surface area contributed by atoms with Crippen LogP contribution in [0.5, 0.6) is 0 Å². The summed E-state index contributed by atoms with van der Waals surface area (Å²) in [5.74, 6) is -0.678. The van der Waals surface area contributed by atoms with Crippen LogP contribution in [0.2, 0.25) is 0 Å². The fraction of sp³-hybridized carbons (Fsp3) is 0.273. The summed E-state index contributed by atoms with van der Waals surface area (Å²) in [4.78, 5) is 26.5. The van der Waals surface area contributed by atoms with Crippen LogP contribution in [-0.4, -0.2) is 55.3 Å². The summed E-state index contributed by atoms with van der Waals surface area (Å²) in [5.41, 5.74) is 2.68. The zero-order chi connectivity index (χ0) is 19.9. The van der Waals surface area contributed by atoms with Gasteiger partial charge in [0.25, 0.3) is 5.91 Å². The van der Waals surface area contributed by atoms with Crippen LogP contribution in [-0.2, 0) is 20.8 Å². The molecule has 0 radical (unpaired) electrons. The molecule has 6 nitrogen and oxygen atoms in total. The second kappa shape index (κ2) is 9.19. The largest absolute Gasteiger partial charge is 0.468 e. The van der Waals surface area contributed by atoms with Gasteiger partial charge in [-0.2, -0.15) is 0 Å². The van der Waals surface area contributed by atoms with Crippen LogP contribution < -0.4 is 0 Å². The molecule has 0 fully saturated rings. The van der Waals surface area contributed by atoms with Gasteiger partial charge in [0, 0.05) is 37.3 Å². The van der Waals surface area contributed by atoms with E-state index < -0.39 is 5.97 Å². The molecule has 1 amide bonds. The molecular weight excluding hydrogens is 356 g/mol. The van der Waals surface area contributed by atoms with Gasteiger partial charge in [-0.15, -0.1) is 0 Å². The molecule has 3 aromatic rings. The lowest BCUT2D eigenvalue weighted by Gasteiger charge is -2.20. The summed E-state index contributed by atoms with van der Waals surface area (Å²) in [6.07, 6.45) is 1.86. The first-order chi connectivity index (χ1) is 13.6. The molecule has 0 atom stereocenters. The van der Waals surface area contributed by atoms with Gasteiger partial charge >= 0.3 is 5.97 Å². The number of methoxy groups -OCH3 is 2. The number of esters is 1. The monoisotopic (exact) mass is 380 g/mol. The maximum absolute atomic E-state index is 13.2. The first kappa shape index (κ1) is 19.6. The Bertz CT molecular complexity index is 950. The molecule has 2 aromatic carbocycles. The number of nitrogens with zero attached hydrogens (tertiary/aromatic N) is 2. The van der Waals surface area contributed by atoms with E-state index in [9.17, 15) is 9.59 Å². The Balaban J connectivity index is 1.96. The van der Waals surface area contributed by atoms with E-state index in [-0.39, 0.29) is 12.5 Å². The molecule has 6 heteroatoms. The molecule has 1 heterocycles. The zero-order valence-electron chi connectivity index (χ0n) is 16.1. The quantitative estimate of drug-likeness (QED) is 0.564. The minimum Gasteiger partial charge on any atom is -0.468 e. The second-order valence-electron chi connectivity index (χ2n) is 6.47. The van der Waals surface area contributed by atoms with Crippen LogP contribution in [0.3, 0.4) is 0 Å². The molecule has 0 bridgehead atoms. The van der Waals surface area contributed by atoms with E-state index in [4.69, 9.17) is 9.47 Å². The lowest BCUT2D eigenvalue weighted by atomic mass is 10.1. The number of carbonyl (C=O) groups excluding carboxylic acids is 2. The van der Waals surface area contributed by atoms with Gasteiger partial charge in [-0.3, -0.25) is 9.59 Å². The Labute approximate surface area is 164 Å². The maximum Gasteiger partial charge on any atom is 0.325 e. The van der Waals surface area contributed by atoms with Crippen LogP contribution in [0.15, 0.2) is 60.8 Å². The summed E-state index contributed by atoms with van der Waals surface area (Å²) in [6.45, 7) is 1.19. The first-order valence-corrected chi connectivity index (χ1v) is 9.11. The van der Waals surface area contributed by atoms with E-state index in [1.165, 1.54) is 12.0 Å². The van der Waals surface area contributed by atoms with Gasteiger partial charge in [-0.1, -0.05) is 48.5 Å². The molecule has 0 unspecified atom stereocenters. The number of hydrogen-bond donors (Lipinski definition) is 0. The number of ether oxygens (including phenoxy) is 2. The van der Waals surface area contributed by atoms with Crippen molar-refractivity contribution in [2.24, 2.45) is 0 Å². The van der Waals surface area contributed by atoms with E-state index in [2.05, 4.69) is 16.7 Å². The number of amides is 1. The molecule has 1 aromatic heterocycles. The van der Waals surface area contributed by atoms with E-state index in [0.29, 0.717) is 25.3 Å². The second-order valence-corrected chi connectivity index (χ2v) is 6.47. The van der Waals surface area contributed by atoms with Crippen molar-refractivity contribution in [1.29, 1.82) is 0 Å². The predicted molar refractivity (Wildman–Crippen MR) is 107 cm³/mol. The molecule has 0 N–H and O–H groups in total. The third-order valence-electron chi connectivity index (χ3n) is 4.61. The van der Waals surface area contributed by atoms with Crippen LogP contribution in [0.25, 0.3) is 10.9 Å². The number of rotatable bonds is 8. The third-order valence-corrected chi connectivity index (χ3v) is 4.61. The molecule has 0 aliphatic heterocycles. The number of aromatic nitrogens is 1. The van der Waals surface area contributed by atoms with Gasteiger partial charge in [0.05, 0.1) is 19.3 Å². The molecule has 0 spiro atoms. The van der Waals surface area contributed by atoms with E-state index in [1.807, 2.05) is 48.7 Å². The van der Waals surface area contributed by atoms with Gasteiger partial charge in [0.2, 0.25) is 0 Å². The minimum absolute atomic E-state index is 0.114. The lowest BCUT2D eigenvalue weighted by molar-refractivity contribution is -0.141. The summed E-state index contributed by atoms with van der Waals surface area (Å²) < 4.78 is 11.9. The van der Waals surface area contributed by atoms with Crippen LogP contribution in [0.1, 0.15) is 15.9 Å². The summed E-state index contributed by atoms with van der Waals surface area (Å²) in [7, 11) is 2.87. The highest BCUT2D eigenvalue weighted by Gasteiger charge is 2.23. The SMILES string of the molecule is COCCN(CC(=O)OC)C(=O)c1cn(Cc2ccccc2)c2ccccc12. The Morgan fingerprint density at radius 3 is 2.43 bits per heavy atom. The van der Waals surface area contributed by atoms with Gasteiger partial charge in [0.15, 0.2) is 0 Å². The fourth-order valence-corrected chi connectivity index (χ4v) is 3.17. The Morgan fingerprint density at radius 1 is 1.00 bits per heavy atom. The minimum atomic E-state index is -0.461. The third kappa shape index (κ3) is 4.40. The van der Waals surface area contributed by atoms with Crippen LogP contribution in [0.4, 0.5) is 0 Å². The van der Waals surface area contributed by atoms with Gasteiger partial charge in [-0.05, 0) is 11.6 Å².